The first-order valence-electron chi connectivity index (χ1n) is 8.55. The van der Waals surface area contributed by atoms with Crippen LogP contribution in [0, 0.1) is 12.7 Å². The Kier molecular flexibility index (Phi) is 5.34. The lowest BCUT2D eigenvalue weighted by atomic mass is 9.74. The van der Waals surface area contributed by atoms with Gasteiger partial charge in [0.1, 0.15) is 5.82 Å². The summed E-state index contributed by atoms with van der Waals surface area (Å²) in [6.07, 6.45) is 1.69. The summed E-state index contributed by atoms with van der Waals surface area (Å²) in [6, 6.07) is 14.7. The second-order valence-electron chi connectivity index (χ2n) is 6.60. The van der Waals surface area contributed by atoms with Crippen molar-refractivity contribution in [2.75, 3.05) is 25.1 Å². The average molecular weight is 341 g/mol. The molecule has 2 aromatic rings. The van der Waals surface area contributed by atoms with Gasteiger partial charge >= 0.3 is 0 Å². The highest BCUT2D eigenvalue weighted by Gasteiger charge is 2.34. The fourth-order valence-corrected chi connectivity index (χ4v) is 3.25. The average Bonchev–Trinajstić information content (AvgIpc) is 2.61. The van der Waals surface area contributed by atoms with Gasteiger partial charge in [-0.3, -0.25) is 4.99 Å². The highest BCUT2D eigenvalue weighted by molar-refractivity contribution is 5.92. The summed E-state index contributed by atoms with van der Waals surface area (Å²) in [6.45, 7) is 3.94. The Hall–Kier alpha value is -2.40. The topological polar surface area (TPSA) is 59.6 Å². The summed E-state index contributed by atoms with van der Waals surface area (Å²) < 4.78 is 18.8. The molecule has 0 spiro atoms. The van der Waals surface area contributed by atoms with Crippen molar-refractivity contribution in [2.24, 2.45) is 10.7 Å². The van der Waals surface area contributed by atoms with Crippen LogP contribution >= 0.6 is 0 Å². The van der Waals surface area contributed by atoms with Gasteiger partial charge in [-0.1, -0.05) is 24.3 Å². The van der Waals surface area contributed by atoms with E-state index in [0.717, 1.165) is 29.7 Å². The molecule has 5 heteroatoms. The number of ether oxygens (including phenoxy) is 1. The van der Waals surface area contributed by atoms with Crippen molar-refractivity contribution in [2.45, 2.75) is 25.2 Å². The summed E-state index contributed by atoms with van der Waals surface area (Å²) in [5.74, 6) is 0.161. The molecule has 0 aliphatic carbocycles. The lowest BCUT2D eigenvalue weighted by Gasteiger charge is -2.36. The van der Waals surface area contributed by atoms with Crippen molar-refractivity contribution in [3.8, 4) is 0 Å². The molecule has 0 atom stereocenters. The zero-order chi connectivity index (χ0) is 17.7. The number of nitrogens with two attached hydrogens (primary N) is 1. The molecule has 132 valence electrons. The van der Waals surface area contributed by atoms with Gasteiger partial charge in [0.15, 0.2) is 5.96 Å². The lowest BCUT2D eigenvalue weighted by molar-refractivity contribution is 0.0531. The maximum Gasteiger partial charge on any atom is 0.193 e. The Morgan fingerprint density at radius 2 is 1.92 bits per heavy atom. The molecule has 3 rings (SSSR count). The lowest BCUT2D eigenvalue weighted by Crippen LogP contribution is -2.38. The molecule has 0 unspecified atom stereocenters. The minimum atomic E-state index is -0.227. The Bertz CT molecular complexity index is 737. The molecule has 25 heavy (non-hydrogen) atoms. The zero-order valence-corrected chi connectivity index (χ0v) is 14.5. The van der Waals surface area contributed by atoms with E-state index in [1.807, 2.05) is 43.3 Å². The number of aliphatic imine (C=N–C) groups is 1. The standard InChI is InChI=1S/C20H24FN3O/c1-15-3-2-4-18(13-15)24-19(22)23-14-20(9-11-25-12-10-20)16-5-7-17(21)8-6-16/h2-8,13H,9-12,14H2,1H3,(H3,22,23,24). The summed E-state index contributed by atoms with van der Waals surface area (Å²) in [5.41, 5.74) is 9.09. The van der Waals surface area contributed by atoms with Crippen LogP contribution in [0.5, 0.6) is 0 Å². The number of aryl methyl sites for hydroxylation is 1. The predicted octanol–water partition coefficient (Wildman–Crippen LogP) is 3.61. The van der Waals surface area contributed by atoms with E-state index in [0.29, 0.717) is 25.7 Å². The second kappa shape index (κ2) is 7.66. The number of benzene rings is 2. The van der Waals surface area contributed by atoms with E-state index < -0.39 is 0 Å². The van der Waals surface area contributed by atoms with Gasteiger partial charge in [0.25, 0.3) is 0 Å². The van der Waals surface area contributed by atoms with Crippen molar-refractivity contribution in [3.63, 3.8) is 0 Å². The number of rotatable bonds is 4. The van der Waals surface area contributed by atoms with Crippen LogP contribution in [0.1, 0.15) is 24.0 Å². The molecule has 4 nitrogen and oxygen atoms in total. The maximum absolute atomic E-state index is 13.3. The van der Waals surface area contributed by atoms with Crippen LogP contribution in [0.3, 0.4) is 0 Å². The van der Waals surface area contributed by atoms with Gasteiger partial charge in [-0.25, -0.2) is 4.39 Å². The van der Waals surface area contributed by atoms with Crippen molar-refractivity contribution in [1.29, 1.82) is 0 Å². The Morgan fingerprint density at radius 3 is 2.60 bits per heavy atom. The minimum absolute atomic E-state index is 0.162. The van der Waals surface area contributed by atoms with Crippen LogP contribution in [0.4, 0.5) is 10.1 Å². The molecule has 1 aliphatic rings. The third kappa shape index (κ3) is 4.37. The normalized spacial score (nSPS) is 17.3. The molecule has 0 radical (unpaired) electrons. The van der Waals surface area contributed by atoms with E-state index in [9.17, 15) is 4.39 Å². The molecular formula is C20H24FN3O. The third-order valence-corrected chi connectivity index (χ3v) is 4.75. The van der Waals surface area contributed by atoms with Crippen molar-refractivity contribution < 1.29 is 9.13 Å². The first-order valence-corrected chi connectivity index (χ1v) is 8.55. The maximum atomic E-state index is 13.3. The van der Waals surface area contributed by atoms with Crippen LogP contribution < -0.4 is 11.1 Å². The Morgan fingerprint density at radius 1 is 1.20 bits per heavy atom. The molecule has 1 aliphatic heterocycles. The summed E-state index contributed by atoms with van der Waals surface area (Å²) in [7, 11) is 0. The van der Waals surface area contributed by atoms with Crippen LogP contribution in [0.25, 0.3) is 0 Å². The van der Waals surface area contributed by atoms with E-state index in [1.165, 1.54) is 12.1 Å². The molecule has 0 bridgehead atoms. The highest BCUT2D eigenvalue weighted by atomic mass is 19.1. The number of anilines is 1. The molecule has 0 aromatic heterocycles. The molecule has 1 heterocycles. The van der Waals surface area contributed by atoms with Gasteiger partial charge in [0.2, 0.25) is 0 Å². The van der Waals surface area contributed by atoms with Crippen LogP contribution in [-0.4, -0.2) is 25.7 Å². The van der Waals surface area contributed by atoms with Crippen LogP contribution in [0.15, 0.2) is 53.5 Å². The summed E-state index contributed by atoms with van der Waals surface area (Å²) >= 11 is 0. The molecular weight excluding hydrogens is 317 g/mol. The smallest absolute Gasteiger partial charge is 0.193 e. The number of hydrogen-bond acceptors (Lipinski definition) is 2. The van der Waals surface area contributed by atoms with Gasteiger partial charge in [0.05, 0.1) is 6.54 Å². The monoisotopic (exact) mass is 341 g/mol. The fourth-order valence-electron chi connectivity index (χ4n) is 3.25. The molecule has 2 aromatic carbocycles. The molecule has 1 saturated heterocycles. The van der Waals surface area contributed by atoms with Crippen molar-refractivity contribution >= 4 is 11.6 Å². The molecule has 0 saturated carbocycles. The minimum Gasteiger partial charge on any atom is -0.381 e. The largest absolute Gasteiger partial charge is 0.381 e. The molecule has 3 N–H and O–H groups in total. The van der Waals surface area contributed by atoms with E-state index in [4.69, 9.17) is 10.5 Å². The van der Waals surface area contributed by atoms with Crippen LogP contribution in [0.2, 0.25) is 0 Å². The van der Waals surface area contributed by atoms with Gasteiger partial charge in [-0.2, -0.15) is 0 Å². The number of nitrogens with zero attached hydrogens (tertiary/aromatic N) is 1. The zero-order valence-electron chi connectivity index (χ0n) is 14.5. The van der Waals surface area contributed by atoms with Crippen LogP contribution in [-0.2, 0) is 10.2 Å². The van der Waals surface area contributed by atoms with Gasteiger partial charge in [-0.05, 0) is 55.2 Å². The van der Waals surface area contributed by atoms with E-state index >= 15 is 0 Å². The predicted molar refractivity (Wildman–Crippen MR) is 99.4 cm³/mol. The van der Waals surface area contributed by atoms with Gasteiger partial charge in [0, 0.05) is 24.3 Å². The third-order valence-electron chi connectivity index (χ3n) is 4.75. The number of halogens is 1. The number of guanidine groups is 1. The molecule has 0 amide bonds. The number of nitrogens with one attached hydrogen (secondary N) is 1. The van der Waals surface area contributed by atoms with Crippen molar-refractivity contribution in [1.82, 2.24) is 0 Å². The fraction of sp³-hybridized carbons (Fsp3) is 0.350. The SMILES string of the molecule is Cc1cccc(NC(N)=NCC2(c3ccc(F)cc3)CCOCC2)c1. The van der Waals surface area contributed by atoms with Crippen molar-refractivity contribution in [3.05, 3.63) is 65.5 Å². The highest BCUT2D eigenvalue weighted by Crippen LogP contribution is 2.35. The first-order chi connectivity index (χ1) is 12.1. The Labute approximate surface area is 147 Å². The van der Waals surface area contributed by atoms with E-state index in [-0.39, 0.29) is 11.2 Å². The number of hydrogen-bond donors (Lipinski definition) is 2. The van der Waals surface area contributed by atoms with E-state index in [1.54, 1.807) is 0 Å². The summed E-state index contributed by atoms with van der Waals surface area (Å²) in [5, 5.41) is 3.14. The van der Waals surface area contributed by atoms with E-state index in [2.05, 4.69) is 10.3 Å². The first kappa shape index (κ1) is 17.4. The summed E-state index contributed by atoms with van der Waals surface area (Å²) in [4.78, 5) is 4.58. The van der Waals surface area contributed by atoms with Gasteiger partial charge < -0.3 is 15.8 Å². The quantitative estimate of drug-likeness (QED) is 0.660. The van der Waals surface area contributed by atoms with Gasteiger partial charge in [-0.15, -0.1) is 0 Å². The molecule has 1 fully saturated rings. The second-order valence-corrected chi connectivity index (χ2v) is 6.60. The Balaban J connectivity index is 1.77.